The molecule has 0 aromatic heterocycles. The Labute approximate surface area is 160 Å². The molecule has 0 radical (unpaired) electrons. The standard InChI is InChI=1S/C18H18ClN3O5/c1-11-6-15(7-12(2)18(11)19)27-10-17(23)21-20-9-13-8-14(22(24)25)4-5-16(13)26-3/h4-9H,10H2,1-3H3,(H,21,23). The number of carbonyl (C=O) groups excluding carboxylic acids is 1. The van der Waals surface area contributed by atoms with Crippen LogP contribution in [0.1, 0.15) is 16.7 Å². The molecule has 9 heteroatoms. The van der Waals surface area contributed by atoms with Gasteiger partial charge < -0.3 is 9.47 Å². The summed E-state index contributed by atoms with van der Waals surface area (Å²) in [7, 11) is 1.43. The Morgan fingerprint density at radius 3 is 2.56 bits per heavy atom. The minimum Gasteiger partial charge on any atom is -0.496 e. The fraction of sp³-hybridized carbons (Fsp3) is 0.222. The van der Waals surface area contributed by atoms with Gasteiger partial charge in [0.2, 0.25) is 0 Å². The van der Waals surface area contributed by atoms with Gasteiger partial charge in [-0.3, -0.25) is 14.9 Å². The molecule has 0 atom stereocenters. The Bertz CT molecular complexity index is 876. The molecule has 2 rings (SSSR count). The first-order chi connectivity index (χ1) is 12.8. The highest BCUT2D eigenvalue weighted by molar-refractivity contribution is 6.32. The molecule has 8 nitrogen and oxygen atoms in total. The van der Waals surface area contributed by atoms with Crippen LogP contribution in [0, 0.1) is 24.0 Å². The van der Waals surface area contributed by atoms with Gasteiger partial charge in [0.25, 0.3) is 11.6 Å². The van der Waals surface area contributed by atoms with Gasteiger partial charge in [-0.05, 0) is 43.2 Å². The molecular formula is C18H18ClN3O5. The van der Waals surface area contributed by atoms with E-state index in [2.05, 4.69) is 10.5 Å². The summed E-state index contributed by atoms with van der Waals surface area (Å²) in [6.07, 6.45) is 1.26. The summed E-state index contributed by atoms with van der Waals surface area (Å²) in [5.41, 5.74) is 4.24. The van der Waals surface area contributed by atoms with Gasteiger partial charge in [-0.2, -0.15) is 5.10 Å². The van der Waals surface area contributed by atoms with Crippen molar-refractivity contribution >= 4 is 29.4 Å². The molecule has 0 aliphatic heterocycles. The van der Waals surface area contributed by atoms with Crippen molar-refractivity contribution in [3.8, 4) is 11.5 Å². The fourth-order valence-electron chi connectivity index (χ4n) is 2.28. The number of hydrazone groups is 1. The Balaban J connectivity index is 1.97. The van der Waals surface area contributed by atoms with Gasteiger partial charge in [-0.1, -0.05) is 11.6 Å². The molecule has 1 amide bonds. The third kappa shape index (κ3) is 5.42. The van der Waals surface area contributed by atoms with Crippen LogP contribution < -0.4 is 14.9 Å². The van der Waals surface area contributed by atoms with Crippen molar-refractivity contribution in [1.29, 1.82) is 0 Å². The average Bonchev–Trinajstić information content (AvgIpc) is 2.64. The topological polar surface area (TPSA) is 103 Å². The van der Waals surface area contributed by atoms with E-state index >= 15 is 0 Å². The zero-order valence-corrected chi connectivity index (χ0v) is 15.7. The summed E-state index contributed by atoms with van der Waals surface area (Å²) in [5.74, 6) is 0.428. The van der Waals surface area contributed by atoms with E-state index in [-0.39, 0.29) is 12.3 Å². The molecule has 0 heterocycles. The molecule has 0 spiro atoms. The number of carbonyl (C=O) groups is 1. The number of hydrogen-bond acceptors (Lipinski definition) is 6. The number of nitro groups is 1. The van der Waals surface area contributed by atoms with Gasteiger partial charge >= 0.3 is 0 Å². The SMILES string of the molecule is COc1ccc([N+](=O)[O-])cc1C=NNC(=O)COc1cc(C)c(Cl)c(C)c1. The molecular weight excluding hydrogens is 374 g/mol. The maximum Gasteiger partial charge on any atom is 0.277 e. The highest BCUT2D eigenvalue weighted by Crippen LogP contribution is 2.26. The summed E-state index contributed by atoms with van der Waals surface area (Å²) in [6, 6.07) is 7.54. The van der Waals surface area contributed by atoms with Crippen LogP contribution in [0.5, 0.6) is 11.5 Å². The molecule has 27 heavy (non-hydrogen) atoms. The van der Waals surface area contributed by atoms with E-state index in [0.29, 0.717) is 22.1 Å². The lowest BCUT2D eigenvalue weighted by atomic mass is 10.1. The monoisotopic (exact) mass is 391 g/mol. The van der Waals surface area contributed by atoms with Gasteiger partial charge in [0, 0.05) is 22.7 Å². The largest absolute Gasteiger partial charge is 0.496 e. The van der Waals surface area contributed by atoms with Crippen LogP contribution in [0.2, 0.25) is 5.02 Å². The molecule has 0 saturated carbocycles. The maximum absolute atomic E-state index is 11.9. The second kappa shape index (κ2) is 9.00. The lowest BCUT2D eigenvalue weighted by Gasteiger charge is -2.09. The lowest BCUT2D eigenvalue weighted by molar-refractivity contribution is -0.384. The van der Waals surface area contributed by atoms with Crippen molar-refractivity contribution in [3.05, 3.63) is 62.2 Å². The first kappa shape index (κ1) is 20.2. The van der Waals surface area contributed by atoms with Gasteiger partial charge in [-0.25, -0.2) is 5.43 Å². The smallest absolute Gasteiger partial charge is 0.277 e. The number of nitrogens with one attached hydrogen (secondary N) is 1. The molecule has 142 valence electrons. The Kier molecular flexibility index (Phi) is 6.73. The highest BCUT2D eigenvalue weighted by atomic mass is 35.5. The van der Waals surface area contributed by atoms with Crippen LogP contribution in [0.3, 0.4) is 0 Å². The Morgan fingerprint density at radius 1 is 1.30 bits per heavy atom. The first-order valence-corrected chi connectivity index (χ1v) is 8.23. The van der Waals surface area contributed by atoms with Crippen molar-refractivity contribution in [2.24, 2.45) is 5.10 Å². The number of amides is 1. The molecule has 0 fully saturated rings. The van der Waals surface area contributed by atoms with Crippen LogP contribution in [-0.2, 0) is 4.79 Å². The number of aryl methyl sites for hydroxylation is 2. The Morgan fingerprint density at radius 2 is 1.96 bits per heavy atom. The normalized spacial score (nSPS) is 10.7. The van der Waals surface area contributed by atoms with Gasteiger partial charge in [0.15, 0.2) is 6.61 Å². The number of ether oxygens (including phenoxy) is 2. The van der Waals surface area contributed by atoms with E-state index in [1.807, 2.05) is 13.8 Å². The summed E-state index contributed by atoms with van der Waals surface area (Å²) in [4.78, 5) is 22.2. The predicted molar refractivity (Wildman–Crippen MR) is 102 cm³/mol. The summed E-state index contributed by atoms with van der Waals surface area (Å²) < 4.78 is 10.5. The molecule has 0 aliphatic rings. The number of non-ortho nitro benzene ring substituents is 1. The quantitative estimate of drug-likeness (QED) is 0.442. The molecule has 0 bridgehead atoms. The zero-order valence-electron chi connectivity index (χ0n) is 15.0. The number of nitro benzene ring substituents is 1. The number of methoxy groups -OCH3 is 1. The summed E-state index contributed by atoms with van der Waals surface area (Å²) >= 11 is 6.09. The lowest BCUT2D eigenvalue weighted by Crippen LogP contribution is -2.24. The van der Waals surface area contributed by atoms with Gasteiger partial charge in [0.1, 0.15) is 11.5 Å². The van der Waals surface area contributed by atoms with Gasteiger partial charge in [0.05, 0.1) is 18.2 Å². The average molecular weight is 392 g/mol. The number of nitrogens with zero attached hydrogens (tertiary/aromatic N) is 2. The third-order valence-corrected chi connectivity index (χ3v) is 4.19. The zero-order chi connectivity index (χ0) is 20.0. The fourth-order valence-corrected chi connectivity index (χ4v) is 2.39. The highest BCUT2D eigenvalue weighted by Gasteiger charge is 2.10. The van der Waals surface area contributed by atoms with Crippen LogP contribution in [0.15, 0.2) is 35.4 Å². The predicted octanol–water partition coefficient (Wildman–Crippen LogP) is 3.40. The van der Waals surface area contributed by atoms with E-state index < -0.39 is 10.8 Å². The van der Waals surface area contributed by atoms with Crippen LogP contribution in [0.25, 0.3) is 0 Å². The van der Waals surface area contributed by atoms with Crippen molar-refractivity contribution in [2.75, 3.05) is 13.7 Å². The van der Waals surface area contributed by atoms with Crippen molar-refractivity contribution in [2.45, 2.75) is 13.8 Å². The molecule has 2 aromatic rings. The third-order valence-electron chi connectivity index (χ3n) is 3.60. The van der Waals surface area contributed by atoms with E-state index in [1.54, 1.807) is 12.1 Å². The van der Waals surface area contributed by atoms with Crippen molar-refractivity contribution in [3.63, 3.8) is 0 Å². The van der Waals surface area contributed by atoms with Crippen LogP contribution >= 0.6 is 11.6 Å². The maximum atomic E-state index is 11.9. The van der Waals surface area contributed by atoms with Crippen molar-refractivity contribution in [1.82, 2.24) is 5.43 Å². The first-order valence-electron chi connectivity index (χ1n) is 7.85. The number of rotatable bonds is 7. The minimum atomic E-state index is -0.528. The number of halogens is 1. The molecule has 1 N–H and O–H groups in total. The Hall–Kier alpha value is -3.13. The van der Waals surface area contributed by atoms with E-state index in [1.165, 1.54) is 31.5 Å². The van der Waals surface area contributed by atoms with Gasteiger partial charge in [-0.15, -0.1) is 0 Å². The summed E-state index contributed by atoms with van der Waals surface area (Å²) in [6.45, 7) is 3.45. The van der Waals surface area contributed by atoms with Crippen molar-refractivity contribution < 1.29 is 19.2 Å². The molecule has 0 unspecified atom stereocenters. The van der Waals surface area contributed by atoms with Crippen LogP contribution in [0.4, 0.5) is 5.69 Å². The number of hydrogen-bond donors (Lipinski definition) is 1. The van der Waals surface area contributed by atoms with E-state index in [0.717, 1.165) is 11.1 Å². The van der Waals surface area contributed by atoms with E-state index in [9.17, 15) is 14.9 Å². The van der Waals surface area contributed by atoms with E-state index in [4.69, 9.17) is 21.1 Å². The molecule has 0 saturated heterocycles. The molecule has 0 aliphatic carbocycles. The molecule has 2 aromatic carbocycles. The second-order valence-corrected chi connectivity index (χ2v) is 6.01. The van der Waals surface area contributed by atoms with Crippen LogP contribution in [-0.4, -0.2) is 30.8 Å². The minimum absolute atomic E-state index is 0.111. The number of benzene rings is 2. The second-order valence-electron chi connectivity index (χ2n) is 5.64. The summed E-state index contributed by atoms with van der Waals surface area (Å²) in [5, 5.41) is 15.3.